The average Bonchev–Trinajstić information content (AvgIpc) is 2.95. The van der Waals surface area contributed by atoms with Crippen molar-refractivity contribution in [2.24, 2.45) is 0 Å². The van der Waals surface area contributed by atoms with E-state index in [0.717, 1.165) is 24.3 Å². The van der Waals surface area contributed by atoms with Crippen LogP contribution in [-0.4, -0.2) is 79.3 Å². The molecule has 0 saturated carbocycles. The van der Waals surface area contributed by atoms with Crippen LogP contribution in [0.2, 0.25) is 0 Å². The van der Waals surface area contributed by atoms with E-state index in [1.165, 1.54) is 11.0 Å². The van der Waals surface area contributed by atoms with Gasteiger partial charge in [-0.05, 0) is 69.5 Å². The van der Waals surface area contributed by atoms with E-state index in [1.807, 2.05) is 4.90 Å². The number of hydrogen-bond acceptors (Lipinski definition) is 7. The third kappa shape index (κ3) is 10.1. The molecule has 0 atom stereocenters. The van der Waals surface area contributed by atoms with Crippen molar-refractivity contribution >= 4 is 35.4 Å². The lowest BCUT2D eigenvalue weighted by Gasteiger charge is -2.33. The number of anilines is 1. The molecule has 0 spiro atoms. The minimum absolute atomic E-state index is 0.0314. The van der Waals surface area contributed by atoms with Crippen LogP contribution < -0.4 is 5.32 Å². The van der Waals surface area contributed by atoms with E-state index in [-0.39, 0.29) is 44.9 Å². The van der Waals surface area contributed by atoms with Crippen molar-refractivity contribution in [1.82, 2.24) is 9.80 Å². The molecule has 252 valence electrons. The molecule has 2 fully saturated rings. The van der Waals surface area contributed by atoms with E-state index in [9.17, 15) is 35.9 Å². The van der Waals surface area contributed by atoms with Crippen LogP contribution in [-0.2, 0) is 31.4 Å². The summed E-state index contributed by atoms with van der Waals surface area (Å²) in [6.07, 6.45) is -7.61. The van der Waals surface area contributed by atoms with Crippen LogP contribution in [0.3, 0.4) is 0 Å². The number of rotatable bonds is 8. The molecule has 1 N–H and O–H groups in total. The molecule has 2 saturated heterocycles. The molecular weight excluding hydrogens is 636 g/mol. The number of esters is 1. The van der Waals surface area contributed by atoms with Gasteiger partial charge in [0.2, 0.25) is 5.91 Å². The topological polar surface area (TPSA) is 71.1 Å². The summed E-state index contributed by atoms with van der Waals surface area (Å²) in [6.45, 7) is 7.87. The molecule has 4 rings (SSSR count). The van der Waals surface area contributed by atoms with Crippen molar-refractivity contribution in [1.29, 1.82) is 0 Å². The van der Waals surface area contributed by atoms with Gasteiger partial charge in [0.25, 0.3) is 0 Å². The fourth-order valence-corrected chi connectivity index (χ4v) is 6.31. The van der Waals surface area contributed by atoms with E-state index < -0.39 is 45.4 Å². The molecule has 2 heterocycles. The lowest BCUT2D eigenvalue weighted by atomic mass is 9.99. The second-order valence-electron chi connectivity index (χ2n) is 12.1. The van der Waals surface area contributed by atoms with Gasteiger partial charge in [-0.1, -0.05) is 23.9 Å². The number of morpholine rings is 1. The number of piperidine rings is 1. The molecule has 1 amide bonds. The van der Waals surface area contributed by atoms with Crippen LogP contribution in [0.4, 0.5) is 32.0 Å². The van der Waals surface area contributed by atoms with E-state index in [1.54, 1.807) is 39.0 Å². The minimum Gasteiger partial charge on any atom is -0.459 e. The summed E-state index contributed by atoms with van der Waals surface area (Å²) in [5.41, 5.74) is -4.36. The van der Waals surface area contributed by atoms with Crippen molar-refractivity contribution in [2.45, 2.75) is 67.4 Å². The van der Waals surface area contributed by atoms with Crippen LogP contribution in [0, 0.1) is 0 Å². The zero-order valence-corrected chi connectivity index (χ0v) is 26.6. The van der Waals surface area contributed by atoms with Gasteiger partial charge in [-0.15, -0.1) is 0 Å². The Morgan fingerprint density at radius 3 is 2.22 bits per heavy atom. The lowest BCUT2D eigenvalue weighted by molar-refractivity contribution is -0.163. The van der Waals surface area contributed by atoms with Gasteiger partial charge in [0.15, 0.2) is 0 Å². The Morgan fingerprint density at radius 1 is 0.957 bits per heavy atom. The van der Waals surface area contributed by atoms with Crippen LogP contribution in [0.25, 0.3) is 6.08 Å². The van der Waals surface area contributed by atoms with E-state index >= 15 is 0 Å². The second kappa shape index (κ2) is 14.7. The summed E-state index contributed by atoms with van der Waals surface area (Å²) >= 11 is 0.582. The Morgan fingerprint density at radius 2 is 1.61 bits per heavy atom. The number of nitrogens with zero attached hydrogens (tertiary/aromatic N) is 2. The maximum atomic E-state index is 14.3. The van der Waals surface area contributed by atoms with Gasteiger partial charge in [-0.3, -0.25) is 14.5 Å². The SMILES string of the molecule is CC(C)(C)OC(=O)CN1CCC(Nc2cccc(Sc3ccc(/C=C/C(=O)N4CCOCC4)c(C(F)(F)F)c3C(F)(F)F)c2)CC1. The Hall–Kier alpha value is -3.23. The zero-order chi connectivity index (χ0) is 33.7. The van der Waals surface area contributed by atoms with Crippen LogP contribution in [0.5, 0.6) is 0 Å². The van der Waals surface area contributed by atoms with Gasteiger partial charge in [-0.25, -0.2) is 0 Å². The maximum Gasteiger partial charge on any atom is 0.418 e. The minimum atomic E-state index is -5.34. The fourth-order valence-electron chi connectivity index (χ4n) is 5.26. The van der Waals surface area contributed by atoms with Crippen molar-refractivity contribution in [3.05, 3.63) is 59.2 Å². The first-order valence-corrected chi connectivity index (χ1v) is 15.7. The van der Waals surface area contributed by atoms with Gasteiger partial charge in [0, 0.05) is 53.8 Å². The molecule has 2 aromatic carbocycles. The molecule has 2 aliphatic heterocycles. The molecule has 0 radical (unpaired) electrons. The zero-order valence-electron chi connectivity index (χ0n) is 25.8. The Bertz CT molecular complexity index is 1410. The molecule has 0 bridgehead atoms. The predicted octanol–water partition coefficient (Wildman–Crippen LogP) is 6.97. The molecule has 14 heteroatoms. The van der Waals surface area contributed by atoms with Gasteiger partial charge in [-0.2, -0.15) is 26.3 Å². The predicted molar refractivity (Wildman–Crippen MR) is 162 cm³/mol. The Kier molecular flexibility index (Phi) is 11.4. The third-order valence-corrected chi connectivity index (χ3v) is 8.34. The van der Waals surface area contributed by atoms with Crippen molar-refractivity contribution in [3.8, 4) is 0 Å². The highest BCUT2D eigenvalue weighted by Gasteiger charge is 2.46. The standard InChI is InChI=1S/C32H37F6N3O4S/c1-30(2,3)45-27(43)20-40-13-11-22(12-14-40)39-23-5-4-6-24(19-23)46-25-9-7-21(8-10-26(42)41-15-17-44-18-16-41)28(31(33,34)35)29(25)32(36,37)38/h4-10,19,22,39H,11-18,20H2,1-3H3/b10-8+. The monoisotopic (exact) mass is 673 g/mol. The van der Waals surface area contributed by atoms with Crippen LogP contribution in [0.1, 0.15) is 50.3 Å². The molecule has 2 aliphatic rings. The largest absolute Gasteiger partial charge is 0.459 e. The summed E-state index contributed by atoms with van der Waals surface area (Å²) in [5.74, 6) is -0.914. The van der Waals surface area contributed by atoms with Crippen molar-refractivity contribution in [2.75, 3.05) is 51.3 Å². The first-order valence-electron chi connectivity index (χ1n) is 14.8. The van der Waals surface area contributed by atoms with E-state index in [0.29, 0.717) is 48.3 Å². The first-order chi connectivity index (χ1) is 21.5. The highest BCUT2D eigenvalue weighted by molar-refractivity contribution is 7.99. The molecule has 0 aromatic heterocycles. The maximum absolute atomic E-state index is 14.3. The van der Waals surface area contributed by atoms with Crippen LogP contribution in [0.15, 0.2) is 52.3 Å². The number of hydrogen-bond donors (Lipinski definition) is 1. The Balaban J connectivity index is 1.49. The van der Waals surface area contributed by atoms with Gasteiger partial charge < -0.3 is 19.7 Å². The number of ether oxygens (including phenoxy) is 2. The summed E-state index contributed by atoms with van der Waals surface area (Å²) < 4.78 is 96.2. The van der Waals surface area contributed by atoms with Gasteiger partial charge in [0.05, 0.1) is 30.9 Å². The van der Waals surface area contributed by atoms with Gasteiger partial charge >= 0.3 is 18.3 Å². The second-order valence-corrected chi connectivity index (χ2v) is 13.2. The molecule has 46 heavy (non-hydrogen) atoms. The quantitative estimate of drug-likeness (QED) is 0.185. The van der Waals surface area contributed by atoms with Crippen LogP contribution >= 0.6 is 11.8 Å². The first kappa shape index (κ1) is 35.6. The number of halogens is 6. The summed E-state index contributed by atoms with van der Waals surface area (Å²) in [7, 11) is 0. The fraction of sp³-hybridized carbons (Fsp3) is 0.500. The summed E-state index contributed by atoms with van der Waals surface area (Å²) in [5, 5.41) is 3.35. The smallest absolute Gasteiger partial charge is 0.418 e. The summed E-state index contributed by atoms with van der Waals surface area (Å²) in [4.78, 5) is 27.7. The van der Waals surface area contributed by atoms with E-state index in [2.05, 4.69) is 5.32 Å². The number of benzene rings is 2. The number of amides is 1. The number of likely N-dealkylation sites (tertiary alicyclic amines) is 1. The molecule has 0 unspecified atom stereocenters. The summed E-state index contributed by atoms with van der Waals surface area (Å²) in [6, 6.07) is 8.47. The normalized spacial score (nSPS) is 17.4. The van der Waals surface area contributed by atoms with Gasteiger partial charge in [0.1, 0.15) is 5.60 Å². The number of alkyl halides is 6. The average molecular weight is 674 g/mol. The lowest BCUT2D eigenvalue weighted by Crippen LogP contribution is -2.42. The van der Waals surface area contributed by atoms with Crippen molar-refractivity contribution < 1.29 is 45.4 Å². The van der Waals surface area contributed by atoms with E-state index in [4.69, 9.17) is 9.47 Å². The highest BCUT2D eigenvalue weighted by Crippen LogP contribution is 2.48. The third-order valence-electron chi connectivity index (χ3n) is 7.29. The number of carbonyl (C=O) groups is 2. The van der Waals surface area contributed by atoms with Crippen molar-refractivity contribution in [3.63, 3.8) is 0 Å². The molecule has 0 aliphatic carbocycles. The number of nitrogens with one attached hydrogen (secondary N) is 1. The number of carbonyl (C=O) groups excluding carboxylic acids is 2. The molecule has 7 nitrogen and oxygen atoms in total. The molecular formula is C32H37F6N3O4S. The molecule has 2 aromatic rings. The Labute approximate surface area is 268 Å². The highest BCUT2D eigenvalue weighted by atomic mass is 32.2.